The number of aromatic nitrogens is 2. The first kappa shape index (κ1) is 21.8. The van der Waals surface area contributed by atoms with Gasteiger partial charge in [0.25, 0.3) is 0 Å². The molecule has 0 unspecified atom stereocenters. The van der Waals surface area contributed by atoms with Gasteiger partial charge in [-0.3, -0.25) is 10.1 Å². The Morgan fingerprint density at radius 2 is 1.80 bits per heavy atom. The van der Waals surface area contributed by atoms with Crippen LogP contribution in [0, 0.1) is 10.1 Å². The fraction of sp³-hybridized carbons (Fsp3) is 0.0370. The van der Waals surface area contributed by atoms with Gasteiger partial charge in [0.1, 0.15) is 36.0 Å². The second-order valence-electron chi connectivity index (χ2n) is 7.68. The van der Waals surface area contributed by atoms with Crippen LogP contribution in [0.15, 0.2) is 102 Å². The van der Waals surface area contributed by atoms with E-state index >= 15 is 0 Å². The molecule has 35 heavy (non-hydrogen) atoms. The normalized spacial score (nSPS) is 11.1. The maximum atomic E-state index is 10.5. The van der Waals surface area contributed by atoms with Crippen molar-refractivity contribution in [2.24, 2.45) is 0 Å². The fourth-order valence-corrected chi connectivity index (χ4v) is 3.55. The summed E-state index contributed by atoms with van der Waals surface area (Å²) < 4.78 is 11.6. The topological polar surface area (TPSA) is 103 Å². The Morgan fingerprint density at radius 3 is 2.60 bits per heavy atom. The van der Waals surface area contributed by atoms with E-state index in [-0.39, 0.29) is 0 Å². The summed E-state index contributed by atoms with van der Waals surface area (Å²) in [7, 11) is 0. The minimum absolute atomic E-state index is 0.397. The first-order valence-electron chi connectivity index (χ1n) is 10.8. The van der Waals surface area contributed by atoms with Gasteiger partial charge in [0.15, 0.2) is 0 Å². The van der Waals surface area contributed by atoms with Gasteiger partial charge in [-0.15, -0.1) is 0 Å². The lowest BCUT2D eigenvalue weighted by Gasteiger charge is -2.11. The molecular formula is C27H20N4O4. The molecule has 2 aromatic heterocycles. The summed E-state index contributed by atoms with van der Waals surface area (Å²) in [6, 6.07) is 26.8. The molecule has 0 fully saturated rings. The maximum Gasteiger partial charge on any atom is 0.238 e. The van der Waals surface area contributed by atoms with Crippen LogP contribution in [0.4, 0.5) is 11.5 Å². The van der Waals surface area contributed by atoms with Crippen molar-refractivity contribution in [3.63, 3.8) is 0 Å². The Morgan fingerprint density at radius 1 is 0.971 bits per heavy atom. The van der Waals surface area contributed by atoms with Crippen LogP contribution in [0.1, 0.15) is 11.3 Å². The van der Waals surface area contributed by atoms with Crippen LogP contribution >= 0.6 is 0 Å². The number of furan rings is 1. The molecule has 5 rings (SSSR count). The van der Waals surface area contributed by atoms with Gasteiger partial charge < -0.3 is 14.5 Å². The molecule has 2 heterocycles. The number of rotatable bonds is 8. The van der Waals surface area contributed by atoms with Gasteiger partial charge >= 0.3 is 0 Å². The summed E-state index contributed by atoms with van der Waals surface area (Å²) in [6.45, 7) is 0.503. The van der Waals surface area contributed by atoms with Crippen LogP contribution in [0.25, 0.3) is 28.3 Å². The summed E-state index contributed by atoms with van der Waals surface area (Å²) in [5, 5.41) is 14.7. The average Bonchev–Trinajstić information content (AvgIpc) is 3.37. The third kappa shape index (κ3) is 5.33. The lowest BCUT2D eigenvalue weighted by molar-refractivity contribution is -0.401. The van der Waals surface area contributed by atoms with E-state index in [9.17, 15) is 10.1 Å². The highest BCUT2D eigenvalue weighted by Crippen LogP contribution is 2.30. The molecule has 0 aliphatic heterocycles. The van der Waals surface area contributed by atoms with Crippen molar-refractivity contribution in [1.29, 1.82) is 0 Å². The number of benzene rings is 3. The van der Waals surface area contributed by atoms with Crippen molar-refractivity contribution in [2.45, 2.75) is 6.61 Å². The van der Waals surface area contributed by atoms with E-state index in [1.165, 1.54) is 12.4 Å². The smallest absolute Gasteiger partial charge is 0.238 e. The number of fused-ring (bicyclic) bond motifs is 1. The molecule has 0 atom stereocenters. The summed E-state index contributed by atoms with van der Waals surface area (Å²) >= 11 is 0. The zero-order valence-electron chi connectivity index (χ0n) is 18.5. The predicted molar refractivity (Wildman–Crippen MR) is 134 cm³/mol. The molecule has 8 heteroatoms. The van der Waals surface area contributed by atoms with Crippen molar-refractivity contribution in [3.8, 4) is 17.1 Å². The number of hydrogen-bond donors (Lipinski definition) is 1. The molecule has 0 radical (unpaired) electrons. The van der Waals surface area contributed by atoms with Crippen LogP contribution in [-0.4, -0.2) is 14.9 Å². The van der Waals surface area contributed by atoms with Gasteiger partial charge in [-0.05, 0) is 60.2 Å². The van der Waals surface area contributed by atoms with E-state index in [0.29, 0.717) is 23.9 Å². The van der Waals surface area contributed by atoms with Crippen LogP contribution in [0.2, 0.25) is 0 Å². The van der Waals surface area contributed by atoms with E-state index in [0.717, 1.165) is 39.7 Å². The third-order valence-electron chi connectivity index (χ3n) is 5.27. The van der Waals surface area contributed by atoms with Gasteiger partial charge in [0.05, 0.1) is 16.5 Å². The second kappa shape index (κ2) is 9.88. The highest BCUT2D eigenvalue weighted by Gasteiger charge is 2.10. The highest BCUT2D eigenvalue weighted by molar-refractivity contribution is 5.93. The van der Waals surface area contributed by atoms with Crippen molar-refractivity contribution in [1.82, 2.24) is 9.97 Å². The Bertz CT molecular complexity index is 1500. The first-order valence-corrected chi connectivity index (χ1v) is 10.8. The molecule has 0 aliphatic carbocycles. The maximum absolute atomic E-state index is 10.5. The molecule has 172 valence electrons. The molecule has 8 nitrogen and oxygen atoms in total. The standard InChI is InChI=1S/C27H20N4O4/c32-31(33)15-14-23-11-13-26(35-23)20-6-12-25-24(16-20)27(29-18-28-25)30-21-7-9-22(10-8-21)34-17-19-4-2-1-3-5-19/h1-16,18H,17H2,(H,28,29,30)/b15-14+. The minimum Gasteiger partial charge on any atom is -0.489 e. The number of ether oxygens (including phenoxy) is 1. The SMILES string of the molecule is O=[N+]([O-])/C=C/c1ccc(-c2ccc3ncnc(Nc4ccc(OCc5ccccc5)cc4)c3c2)o1. The lowest BCUT2D eigenvalue weighted by atomic mass is 10.1. The van der Waals surface area contributed by atoms with Crippen molar-refractivity contribution >= 4 is 28.5 Å². The summed E-state index contributed by atoms with van der Waals surface area (Å²) in [4.78, 5) is 18.8. The van der Waals surface area contributed by atoms with E-state index in [1.807, 2.05) is 72.8 Å². The average molecular weight is 464 g/mol. The number of nitrogens with one attached hydrogen (secondary N) is 1. The molecule has 0 amide bonds. The molecule has 0 bridgehead atoms. The molecule has 0 aliphatic rings. The third-order valence-corrected chi connectivity index (χ3v) is 5.27. The Hall–Kier alpha value is -4.98. The van der Waals surface area contributed by atoms with Crippen molar-refractivity contribution in [2.75, 3.05) is 5.32 Å². The predicted octanol–water partition coefficient (Wildman–Crippen LogP) is 6.46. The van der Waals surface area contributed by atoms with Gasteiger partial charge in [-0.25, -0.2) is 9.97 Å². The molecule has 0 saturated carbocycles. The lowest BCUT2D eigenvalue weighted by Crippen LogP contribution is -1.97. The largest absolute Gasteiger partial charge is 0.489 e. The summed E-state index contributed by atoms with van der Waals surface area (Å²) in [5.74, 6) is 2.41. The van der Waals surface area contributed by atoms with E-state index in [1.54, 1.807) is 12.1 Å². The monoisotopic (exact) mass is 464 g/mol. The summed E-state index contributed by atoms with van der Waals surface area (Å²) in [6.07, 6.45) is 3.67. The van der Waals surface area contributed by atoms with Crippen LogP contribution in [0.5, 0.6) is 5.75 Å². The minimum atomic E-state index is -0.532. The van der Waals surface area contributed by atoms with Crippen LogP contribution in [-0.2, 0) is 6.61 Å². The highest BCUT2D eigenvalue weighted by atomic mass is 16.6. The second-order valence-corrected chi connectivity index (χ2v) is 7.68. The number of nitrogens with zero attached hydrogens (tertiary/aromatic N) is 3. The fourth-order valence-electron chi connectivity index (χ4n) is 3.55. The van der Waals surface area contributed by atoms with Crippen LogP contribution < -0.4 is 10.1 Å². The Kier molecular flexibility index (Phi) is 6.17. The quantitative estimate of drug-likeness (QED) is 0.208. The first-order chi connectivity index (χ1) is 17.1. The van der Waals surface area contributed by atoms with Gasteiger partial charge in [-0.2, -0.15) is 0 Å². The molecular weight excluding hydrogens is 444 g/mol. The zero-order chi connectivity index (χ0) is 24.0. The number of nitro groups is 1. The molecule has 1 N–H and O–H groups in total. The molecule has 3 aromatic carbocycles. The Balaban J connectivity index is 1.34. The molecule has 0 spiro atoms. The summed E-state index contributed by atoms with van der Waals surface area (Å²) in [5.41, 5.74) is 3.54. The zero-order valence-corrected chi connectivity index (χ0v) is 18.5. The van der Waals surface area contributed by atoms with Gasteiger partial charge in [0.2, 0.25) is 6.20 Å². The van der Waals surface area contributed by atoms with E-state index in [4.69, 9.17) is 9.15 Å². The van der Waals surface area contributed by atoms with Crippen molar-refractivity contribution in [3.05, 3.63) is 119 Å². The van der Waals surface area contributed by atoms with E-state index < -0.39 is 4.92 Å². The van der Waals surface area contributed by atoms with E-state index in [2.05, 4.69) is 15.3 Å². The Labute approximate surface area is 200 Å². The number of anilines is 2. The number of hydrogen-bond acceptors (Lipinski definition) is 7. The van der Waals surface area contributed by atoms with Gasteiger partial charge in [-0.1, -0.05) is 30.3 Å². The van der Waals surface area contributed by atoms with Crippen LogP contribution in [0.3, 0.4) is 0 Å². The van der Waals surface area contributed by atoms with Gasteiger partial charge in [0, 0.05) is 16.6 Å². The van der Waals surface area contributed by atoms with Crippen molar-refractivity contribution < 1.29 is 14.1 Å². The molecule has 0 saturated heterocycles. The molecule has 5 aromatic rings.